The van der Waals surface area contributed by atoms with E-state index >= 15 is 0 Å². The Bertz CT molecular complexity index is 1130. The molecule has 0 spiro atoms. The number of benzene rings is 2. The van der Waals surface area contributed by atoms with E-state index in [1.165, 1.54) is 11.3 Å². The summed E-state index contributed by atoms with van der Waals surface area (Å²) >= 11 is 1.38. The van der Waals surface area contributed by atoms with E-state index in [-0.39, 0.29) is 11.8 Å². The predicted octanol–water partition coefficient (Wildman–Crippen LogP) is 4.33. The highest BCUT2D eigenvalue weighted by atomic mass is 32.1. The molecular weight excluding hydrogens is 428 g/mol. The maximum absolute atomic E-state index is 13.0. The second-order valence-corrected chi connectivity index (χ2v) is 8.33. The highest BCUT2D eigenvalue weighted by Crippen LogP contribution is 2.32. The minimum Gasteiger partial charge on any atom is -0.497 e. The number of rotatable bonds is 6. The van der Waals surface area contributed by atoms with Crippen molar-refractivity contribution in [3.63, 3.8) is 0 Å². The van der Waals surface area contributed by atoms with Crippen LogP contribution < -0.4 is 19.5 Å². The average molecular weight is 453 g/mol. The molecule has 0 bridgehead atoms. The van der Waals surface area contributed by atoms with Gasteiger partial charge in [0.05, 0.1) is 19.1 Å². The first-order valence-electron chi connectivity index (χ1n) is 10.1. The van der Waals surface area contributed by atoms with Gasteiger partial charge in [-0.3, -0.25) is 9.59 Å². The van der Waals surface area contributed by atoms with Crippen LogP contribution in [0.1, 0.15) is 27.7 Å². The summed E-state index contributed by atoms with van der Waals surface area (Å²) in [5, 5.41) is 4.77. The number of nitrogens with zero attached hydrogens (tertiary/aromatic N) is 1. The van der Waals surface area contributed by atoms with Crippen LogP contribution >= 0.6 is 11.3 Å². The van der Waals surface area contributed by atoms with Crippen molar-refractivity contribution in [2.75, 3.05) is 19.5 Å². The molecule has 0 aliphatic carbocycles. The van der Waals surface area contributed by atoms with E-state index in [4.69, 9.17) is 14.2 Å². The lowest BCUT2D eigenvalue weighted by atomic mass is 10.1. The Morgan fingerprint density at radius 3 is 2.75 bits per heavy atom. The van der Waals surface area contributed by atoms with Gasteiger partial charge in [-0.2, -0.15) is 0 Å². The van der Waals surface area contributed by atoms with Gasteiger partial charge in [0.25, 0.3) is 11.8 Å². The van der Waals surface area contributed by atoms with Crippen LogP contribution in [0.5, 0.6) is 17.2 Å². The number of carbonyl (C=O) groups is 2. The van der Waals surface area contributed by atoms with E-state index < -0.39 is 6.10 Å². The monoisotopic (exact) mass is 452 g/mol. The molecule has 2 heterocycles. The molecule has 0 saturated carbocycles. The summed E-state index contributed by atoms with van der Waals surface area (Å²) in [7, 11) is 3.18. The Hall–Kier alpha value is -3.52. The van der Waals surface area contributed by atoms with Crippen molar-refractivity contribution in [2.24, 2.45) is 0 Å². The summed E-state index contributed by atoms with van der Waals surface area (Å²) in [6.07, 6.45) is -0.632. The first-order valence-corrected chi connectivity index (χ1v) is 11.0. The van der Waals surface area contributed by atoms with Gasteiger partial charge in [0.1, 0.15) is 17.2 Å². The zero-order chi connectivity index (χ0) is 22.7. The van der Waals surface area contributed by atoms with Gasteiger partial charge >= 0.3 is 0 Å². The van der Waals surface area contributed by atoms with Gasteiger partial charge < -0.3 is 24.4 Å². The van der Waals surface area contributed by atoms with Gasteiger partial charge in [-0.15, -0.1) is 11.3 Å². The first-order chi connectivity index (χ1) is 15.5. The zero-order valence-electron chi connectivity index (χ0n) is 18.1. The van der Waals surface area contributed by atoms with Gasteiger partial charge in [-0.05, 0) is 48.7 Å². The molecule has 2 aromatic carbocycles. The van der Waals surface area contributed by atoms with E-state index in [2.05, 4.69) is 5.32 Å². The van der Waals surface area contributed by atoms with E-state index in [0.717, 1.165) is 11.1 Å². The molecule has 1 aromatic heterocycles. The van der Waals surface area contributed by atoms with Gasteiger partial charge in [-0.1, -0.05) is 6.07 Å². The van der Waals surface area contributed by atoms with E-state index in [1.807, 2.05) is 29.6 Å². The van der Waals surface area contributed by atoms with Crippen LogP contribution in [0.15, 0.2) is 53.9 Å². The number of ether oxygens (including phenoxy) is 3. The summed E-state index contributed by atoms with van der Waals surface area (Å²) in [6.45, 7) is 2.43. The molecule has 1 aliphatic heterocycles. The SMILES string of the molecule is COc1ccc(CN2Cc3cc(NC(=O)c4cccs4)ccc3OC(C)C2=O)c(OC)c1. The smallest absolute Gasteiger partial charge is 0.265 e. The highest BCUT2D eigenvalue weighted by Gasteiger charge is 2.29. The molecule has 1 aliphatic rings. The lowest BCUT2D eigenvalue weighted by Crippen LogP contribution is -2.37. The Morgan fingerprint density at radius 1 is 1.19 bits per heavy atom. The molecule has 8 heteroatoms. The van der Waals surface area contributed by atoms with Crippen molar-refractivity contribution >= 4 is 28.8 Å². The summed E-state index contributed by atoms with van der Waals surface area (Å²) in [4.78, 5) is 27.8. The zero-order valence-corrected chi connectivity index (χ0v) is 18.9. The fraction of sp³-hybridized carbons (Fsp3) is 0.250. The third-order valence-corrected chi connectivity index (χ3v) is 6.11. The summed E-state index contributed by atoms with van der Waals surface area (Å²) in [5.74, 6) is 1.67. The molecule has 0 radical (unpaired) electrons. The van der Waals surface area contributed by atoms with Crippen molar-refractivity contribution in [1.29, 1.82) is 0 Å². The molecule has 32 heavy (non-hydrogen) atoms. The third kappa shape index (κ3) is 4.55. The Morgan fingerprint density at radius 2 is 2.03 bits per heavy atom. The van der Waals surface area contributed by atoms with Crippen LogP contribution in [-0.4, -0.2) is 37.0 Å². The van der Waals surface area contributed by atoms with E-state index in [1.54, 1.807) is 50.3 Å². The molecular formula is C24H24N2O5S. The number of fused-ring (bicyclic) bond motifs is 1. The van der Waals surface area contributed by atoms with Crippen LogP contribution in [0.3, 0.4) is 0 Å². The molecule has 4 rings (SSSR count). The summed E-state index contributed by atoms with van der Waals surface area (Å²) in [5.41, 5.74) is 2.33. The van der Waals surface area contributed by atoms with Crippen molar-refractivity contribution in [1.82, 2.24) is 4.90 Å². The fourth-order valence-electron chi connectivity index (χ4n) is 3.60. The molecule has 2 amide bonds. The third-order valence-electron chi connectivity index (χ3n) is 5.24. The molecule has 1 atom stereocenters. The van der Waals surface area contributed by atoms with Crippen LogP contribution in [0.25, 0.3) is 0 Å². The predicted molar refractivity (Wildman–Crippen MR) is 123 cm³/mol. The first kappa shape index (κ1) is 21.7. The van der Waals surface area contributed by atoms with E-state index in [9.17, 15) is 9.59 Å². The minimum atomic E-state index is -0.632. The van der Waals surface area contributed by atoms with Crippen LogP contribution in [0.4, 0.5) is 5.69 Å². The number of carbonyl (C=O) groups excluding carboxylic acids is 2. The highest BCUT2D eigenvalue weighted by molar-refractivity contribution is 7.12. The minimum absolute atomic E-state index is 0.122. The summed E-state index contributed by atoms with van der Waals surface area (Å²) < 4.78 is 16.7. The number of methoxy groups -OCH3 is 2. The van der Waals surface area contributed by atoms with Crippen LogP contribution in [-0.2, 0) is 17.9 Å². The van der Waals surface area contributed by atoms with Crippen LogP contribution in [0.2, 0.25) is 0 Å². The number of nitrogens with one attached hydrogen (secondary N) is 1. The standard InChI is InChI=1S/C24H24N2O5S/c1-15-24(28)26(13-16-6-8-19(29-2)12-21(16)30-3)14-17-11-18(7-9-20(17)31-15)25-23(27)22-5-4-10-32-22/h4-12,15H,13-14H2,1-3H3,(H,25,27). The lowest BCUT2D eigenvalue weighted by molar-refractivity contribution is -0.138. The Kier molecular flexibility index (Phi) is 6.32. The topological polar surface area (TPSA) is 77.1 Å². The average Bonchev–Trinajstić information content (AvgIpc) is 3.31. The summed E-state index contributed by atoms with van der Waals surface area (Å²) in [6, 6.07) is 14.6. The maximum Gasteiger partial charge on any atom is 0.265 e. The number of thiophene rings is 1. The molecule has 1 N–H and O–H groups in total. The molecule has 7 nitrogen and oxygen atoms in total. The van der Waals surface area contributed by atoms with Crippen molar-refractivity contribution in [3.8, 4) is 17.2 Å². The van der Waals surface area contributed by atoms with Gasteiger partial charge in [0.15, 0.2) is 6.10 Å². The Balaban J connectivity index is 1.59. The largest absolute Gasteiger partial charge is 0.497 e. The van der Waals surface area contributed by atoms with Crippen molar-refractivity contribution in [3.05, 3.63) is 69.9 Å². The van der Waals surface area contributed by atoms with Gasteiger partial charge in [-0.25, -0.2) is 0 Å². The number of amides is 2. The molecule has 3 aromatic rings. The van der Waals surface area contributed by atoms with Gasteiger partial charge in [0.2, 0.25) is 0 Å². The normalized spacial score (nSPS) is 15.4. The maximum atomic E-state index is 13.0. The van der Waals surface area contributed by atoms with Crippen molar-refractivity contribution in [2.45, 2.75) is 26.1 Å². The van der Waals surface area contributed by atoms with E-state index in [0.29, 0.717) is 40.9 Å². The molecule has 0 fully saturated rings. The molecule has 166 valence electrons. The van der Waals surface area contributed by atoms with Gasteiger partial charge in [0, 0.05) is 36.0 Å². The Labute approximate surface area is 190 Å². The quantitative estimate of drug-likeness (QED) is 0.603. The number of hydrogen-bond donors (Lipinski definition) is 1. The van der Waals surface area contributed by atoms with Crippen molar-refractivity contribution < 1.29 is 23.8 Å². The van der Waals surface area contributed by atoms with Crippen LogP contribution in [0, 0.1) is 0 Å². The second-order valence-electron chi connectivity index (χ2n) is 7.39. The second kappa shape index (κ2) is 9.32. The lowest BCUT2D eigenvalue weighted by Gasteiger charge is -2.23. The number of anilines is 1. The molecule has 0 saturated heterocycles. The fourth-order valence-corrected chi connectivity index (χ4v) is 4.22. The number of hydrogen-bond acceptors (Lipinski definition) is 6. The molecule has 1 unspecified atom stereocenters.